The van der Waals surface area contributed by atoms with Crippen molar-refractivity contribution in [1.29, 1.82) is 0 Å². The molecule has 1 aromatic rings. The van der Waals surface area contributed by atoms with Gasteiger partial charge < -0.3 is 10.6 Å². The molecule has 1 amide bonds. The summed E-state index contributed by atoms with van der Waals surface area (Å²) in [5.41, 5.74) is 1.32. The fraction of sp³-hybridized carbons (Fsp3) is 0.714. The monoisotopic (exact) mass is 264 g/mol. The van der Waals surface area contributed by atoms with Gasteiger partial charge in [0, 0.05) is 19.3 Å². The van der Waals surface area contributed by atoms with Crippen LogP contribution in [0, 0.1) is 5.41 Å². The minimum Gasteiger partial charge on any atom is -0.379 e. The van der Waals surface area contributed by atoms with Crippen molar-refractivity contribution in [3.63, 3.8) is 0 Å². The Morgan fingerprint density at radius 1 is 1.53 bits per heavy atom. The number of likely N-dealkylation sites (N-methyl/N-ethyl adjacent to an activating group) is 1. The number of hydrogen-bond acceptors (Lipinski definition) is 3. The first-order chi connectivity index (χ1) is 9.01. The standard InChI is InChI=1S/C14H24N4O/c1-14(2)7-5-4-6-12(14)17-11-8-16-18(9-11)10-13(19)15-3/h8-9,12,17H,4-7,10H2,1-3H3,(H,15,19). The Bertz CT molecular complexity index is 438. The van der Waals surface area contributed by atoms with Gasteiger partial charge in [-0.15, -0.1) is 0 Å². The van der Waals surface area contributed by atoms with Gasteiger partial charge in [0.2, 0.25) is 5.91 Å². The van der Waals surface area contributed by atoms with Crippen LogP contribution in [0.25, 0.3) is 0 Å². The second-order valence-corrected chi connectivity index (χ2v) is 6.03. The number of amides is 1. The summed E-state index contributed by atoms with van der Waals surface area (Å²) < 4.78 is 1.66. The fourth-order valence-electron chi connectivity index (χ4n) is 2.71. The fourth-order valence-corrected chi connectivity index (χ4v) is 2.71. The van der Waals surface area contributed by atoms with E-state index >= 15 is 0 Å². The van der Waals surface area contributed by atoms with Crippen LogP contribution in [0.5, 0.6) is 0 Å². The Labute approximate surface area is 114 Å². The smallest absolute Gasteiger partial charge is 0.241 e. The molecule has 1 saturated carbocycles. The van der Waals surface area contributed by atoms with Crippen LogP contribution in [0.3, 0.4) is 0 Å². The van der Waals surface area contributed by atoms with Crippen molar-refractivity contribution in [1.82, 2.24) is 15.1 Å². The van der Waals surface area contributed by atoms with Crippen molar-refractivity contribution >= 4 is 11.6 Å². The van der Waals surface area contributed by atoms with E-state index in [9.17, 15) is 4.79 Å². The minimum atomic E-state index is -0.0346. The van der Waals surface area contributed by atoms with Gasteiger partial charge in [-0.25, -0.2) is 0 Å². The van der Waals surface area contributed by atoms with Crippen molar-refractivity contribution in [2.75, 3.05) is 12.4 Å². The summed E-state index contributed by atoms with van der Waals surface area (Å²) in [4.78, 5) is 11.3. The number of carbonyl (C=O) groups is 1. The van der Waals surface area contributed by atoms with Crippen LogP contribution >= 0.6 is 0 Å². The second kappa shape index (κ2) is 5.63. The maximum absolute atomic E-state index is 11.3. The lowest BCUT2D eigenvalue weighted by Crippen LogP contribution is -2.38. The molecule has 1 atom stereocenters. The SMILES string of the molecule is CNC(=O)Cn1cc(NC2CCCCC2(C)C)cn1. The van der Waals surface area contributed by atoms with E-state index in [4.69, 9.17) is 0 Å². The molecular formula is C14H24N4O. The highest BCUT2D eigenvalue weighted by Gasteiger charge is 2.32. The number of aromatic nitrogens is 2. The molecule has 0 aliphatic heterocycles. The van der Waals surface area contributed by atoms with Gasteiger partial charge in [-0.3, -0.25) is 9.48 Å². The molecule has 19 heavy (non-hydrogen) atoms. The Hall–Kier alpha value is -1.52. The van der Waals surface area contributed by atoms with E-state index in [1.54, 1.807) is 17.9 Å². The third-order valence-corrected chi connectivity index (χ3v) is 4.07. The molecule has 5 heteroatoms. The van der Waals surface area contributed by atoms with E-state index in [0.717, 1.165) is 5.69 Å². The van der Waals surface area contributed by atoms with E-state index in [-0.39, 0.29) is 12.5 Å². The number of hydrogen-bond donors (Lipinski definition) is 2. The minimum absolute atomic E-state index is 0.0346. The largest absolute Gasteiger partial charge is 0.379 e. The van der Waals surface area contributed by atoms with Gasteiger partial charge in [-0.1, -0.05) is 26.7 Å². The molecule has 0 bridgehead atoms. The number of carbonyl (C=O) groups excluding carboxylic acids is 1. The van der Waals surface area contributed by atoms with Crippen LogP contribution in [-0.2, 0) is 11.3 Å². The maximum Gasteiger partial charge on any atom is 0.241 e. The molecule has 1 fully saturated rings. The van der Waals surface area contributed by atoms with E-state index in [1.165, 1.54) is 25.7 Å². The van der Waals surface area contributed by atoms with Gasteiger partial charge in [0.1, 0.15) is 6.54 Å². The van der Waals surface area contributed by atoms with Crippen molar-refractivity contribution in [3.05, 3.63) is 12.4 Å². The first-order valence-electron chi connectivity index (χ1n) is 7.01. The average Bonchev–Trinajstić information content (AvgIpc) is 2.79. The van der Waals surface area contributed by atoms with Gasteiger partial charge in [0.05, 0.1) is 11.9 Å². The van der Waals surface area contributed by atoms with E-state index in [2.05, 4.69) is 29.6 Å². The Kier molecular flexibility index (Phi) is 4.12. The van der Waals surface area contributed by atoms with Crippen molar-refractivity contribution in [2.24, 2.45) is 5.41 Å². The normalized spacial score (nSPS) is 21.9. The topological polar surface area (TPSA) is 59.0 Å². The van der Waals surface area contributed by atoms with Gasteiger partial charge in [-0.05, 0) is 18.3 Å². The number of anilines is 1. The van der Waals surface area contributed by atoms with Gasteiger partial charge in [0.25, 0.3) is 0 Å². The van der Waals surface area contributed by atoms with Crippen molar-refractivity contribution < 1.29 is 4.79 Å². The highest BCUT2D eigenvalue weighted by atomic mass is 16.1. The van der Waals surface area contributed by atoms with Crippen molar-refractivity contribution in [2.45, 2.75) is 52.1 Å². The molecule has 2 N–H and O–H groups in total. The zero-order chi connectivity index (χ0) is 13.9. The molecule has 1 aromatic heterocycles. The zero-order valence-electron chi connectivity index (χ0n) is 12.1. The highest BCUT2D eigenvalue weighted by Crippen LogP contribution is 2.37. The summed E-state index contributed by atoms with van der Waals surface area (Å²) in [5, 5.41) is 10.4. The third kappa shape index (κ3) is 3.49. The number of rotatable bonds is 4. The van der Waals surface area contributed by atoms with Crippen LogP contribution in [0.2, 0.25) is 0 Å². The zero-order valence-corrected chi connectivity index (χ0v) is 12.1. The maximum atomic E-state index is 11.3. The molecule has 1 unspecified atom stereocenters. The quantitative estimate of drug-likeness (QED) is 0.874. The molecule has 0 aromatic carbocycles. The molecule has 106 valence electrons. The summed E-state index contributed by atoms with van der Waals surface area (Å²) in [6.07, 6.45) is 8.77. The summed E-state index contributed by atoms with van der Waals surface area (Å²) in [7, 11) is 1.63. The van der Waals surface area contributed by atoms with E-state index < -0.39 is 0 Å². The molecule has 1 heterocycles. The van der Waals surface area contributed by atoms with E-state index in [1.807, 2.05) is 6.20 Å². The molecule has 2 rings (SSSR count). The third-order valence-electron chi connectivity index (χ3n) is 4.07. The summed E-state index contributed by atoms with van der Waals surface area (Å²) in [5.74, 6) is -0.0346. The van der Waals surface area contributed by atoms with Crippen LogP contribution in [-0.4, -0.2) is 28.8 Å². The second-order valence-electron chi connectivity index (χ2n) is 6.03. The highest BCUT2D eigenvalue weighted by molar-refractivity contribution is 5.75. The summed E-state index contributed by atoms with van der Waals surface area (Å²) in [6.45, 7) is 4.91. The lowest BCUT2D eigenvalue weighted by molar-refractivity contribution is -0.121. The first kappa shape index (κ1) is 13.9. The molecular weight excluding hydrogens is 240 g/mol. The number of nitrogens with one attached hydrogen (secondary N) is 2. The predicted octanol–water partition coefficient (Wildman–Crippen LogP) is 2.01. The van der Waals surface area contributed by atoms with Crippen LogP contribution in [0.15, 0.2) is 12.4 Å². The summed E-state index contributed by atoms with van der Waals surface area (Å²) in [6, 6.07) is 0.485. The van der Waals surface area contributed by atoms with Gasteiger partial charge in [0.15, 0.2) is 0 Å². The van der Waals surface area contributed by atoms with Crippen LogP contribution < -0.4 is 10.6 Å². The van der Waals surface area contributed by atoms with Crippen LogP contribution in [0.1, 0.15) is 39.5 Å². The van der Waals surface area contributed by atoms with Gasteiger partial charge >= 0.3 is 0 Å². The van der Waals surface area contributed by atoms with E-state index in [0.29, 0.717) is 11.5 Å². The molecule has 0 saturated heterocycles. The number of nitrogens with zero attached hydrogens (tertiary/aromatic N) is 2. The first-order valence-corrected chi connectivity index (χ1v) is 7.01. The molecule has 1 aliphatic rings. The molecule has 0 radical (unpaired) electrons. The van der Waals surface area contributed by atoms with Gasteiger partial charge in [-0.2, -0.15) is 5.10 Å². The van der Waals surface area contributed by atoms with Crippen molar-refractivity contribution in [3.8, 4) is 0 Å². The lowest BCUT2D eigenvalue weighted by atomic mass is 9.73. The Balaban J connectivity index is 1.97. The lowest BCUT2D eigenvalue weighted by Gasteiger charge is -2.39. The molecule has 0 spiro atoms. The Morgan fingerprint density at radius 3 is 3.00 bits per heavy atom. The predicted molar refractivity (Wildman–Crippen MR) is 76.0 cm³/mol. The summed E-state index contributed by atoms with van der Waals surface area (Å²) >= 11 is 0. The average molecular weight is 264 g/mol. The molecule has 1 aliphatic carbocycles. The molecule has 5 nitrogen and oxygen atoms in total. The van der Waals surface area contributed by atoms with Crippen LogP contribution in [0.4, 0.5) is 5.69 Å². The Morgan fingerprint density at radius 2 is 2.32 bits per heavy atom.